The zero-order valence-corrected chi connectivity index (χ0v) is 16.4. The van der Waals surface area contributed by atoms with Crippen LogP contribution in [0.4, 0.5) is 5.69 Å². The van der Waals surface area contributed by atoms with Crippen LogP contribution >= 0.6 is 0 Å². The number of nitrogens with zero attached hydrogens (tertiary/aromatic N) is 5. The maximum Gasteiger partial charge on any atom is 0.291 e. The van der Waals surface area contributed by atoms with Gasteiger partial charge in [-0.2, -0.15) is 10.2 Å². The number of carbonyl (C=O) groups is 1. The lowest BCUT2D eigenvalue weighted by Crippen LogP contribution is -2.17. The van der Waals surface area contributed by atoms with Gasteiger partial charge >= 0.3 is 0 Å². The molecular weight excluding hydrogens is 356 g/mol. The van der Waals surface area contributed by atoms with Gasteiger partial charge in [0.15, 0.2) is 5.76 Å². The summed E-state index contributed by atoms with van der Waals surface area (Å²) in [7, 11) is 0. The molecule has 4 heterocycles. The van der Waals surface area contributed by atoms with Gasteiger partial charge < -0.3 is 9.73 Å². The molecule has 1 aliphatic rings. The normalized spacial score (nSPS) is 14.6. The van der Waals surface area contributed by atoms with Gasteiger partial charge in [0.05, 0.1) is 31.2 Å². The zero-order chi connectivity index (χ0) is 19.5. The van der Waals surface area contributed by atoms with Gasteiger partial charge in [0.1, 0.15) is 5.76 Å². The summed E-state index contributed by atoms with van der Waals surface area (Å²) in [4.78, 5) is 14.8. The van der Waals surface area contributed by atoms with Crippen LogP contribution in [-0.2, 0) is 19.6 Å². The summed E-state index contributed by atoms with van der Waals surface area (Å²) in [5.74, 6) is 0.885. The van der Waals surface area contributed by atoms with Crippen molar-refractivity contribution in [3.63, 3.8) is 0 Å². The van der Waals surface area contributed by atoms with E-state index in [-0.39, 0.29) is 5.91 Å². The predicted octanol–water partition coefficient (Wildman–Crippen LogP) is 2.90. The highest BCUT2D eigenvalue weighted by Gasteiger charge is 2.17. The van der Waals surface area contributed by atoms with Gasteiger partial charge in [0.25, 0.3) is 5.91 Å². The van der Waals surface area contributed by atoms with Crippen molar-refractivity contribution in [2.45, 2.75) is 46.3 Å². The first kappa shape index (κ1) is 18.5. The van der Waals surface area contributed by atoms with Crippen molar-refractivity contribution in [2.75, 3.05) is 18.4 Å². The monoisotopic (exact) mass is 382 g/mol. The minimum absolute atomic E-state index is 0.262. The molecule has 0 atom stereocenters. The molecule has 8 nitrogen and oxygen atoms in total. The van der Waals surface area contributed by atoms with E-state index in [2.05, 4.69) is 34.3 Å². The Morgan fingerprint density at radius 3 is 2.75 bits per heavy atom. The van der Waals surface area contributed by atoms with E-state index in [0.29, 0.717) is 18.0 Å². The Morgan fingerprint density at radius 2 is 2.00 bits per heavy atom. The van der Waals surface area contributed by atoms with Gasteiger partial charge in [0, 0.05) is 24.0 Å². The summed E-state index contributed by atoms with van der Waals surface area (Å²) in [6, 6.07) is 3.61. The van der Waals surface area contributed by atoms with E-state index in [1.807, 2.05) is 23.1 Å². The van der Waals surface area contributed by atoms with E-state index in [1.54, 1.807) is 16.9 Å². The minimum atomic E-state index is -0.262. The van der Waals surface area contributed by atoms with Crippen LogP contribution < -0.4 is 5.32 Å². The van der Waals surface area contributed by atoms with Crippen LogP contribution in [0.3, 0.4) is 0 Å². The van der Waals surface area contributed by atoms with E-state index < -0.39 is 0 Å². The van der Waals surface area contributed by atoms with Gasteiger partial charge in [-0.15, -0.1) is 0 Å². The fourth-order valence-corrected chi connectivity index (χ4v) is 3.59. The average Bonchev–Trinajstić information content (AvgIpc) is 3.46. The minimum Gasteiger partial charge on any atom is -0.455 e. The van der Waals surface area contributed by atoms with Crippen molar-refractivity contribution < 1.29 is 9.21 Å². The molecule has 0 radical (unpaired) electrons. The smallest absolute Gasteiger partial charge is 0.291 e. The molecule has 0 spiro atoms. The number of hydrogen-bond acceptors (Lipinski definition) is 5. The van der Waals surface area contributed by atoms with E-state index in [1.165, 1.54) is 12.8 Å². The van der Waals surface area contributed by atoms with Crippen molar-refractivity contribution in [1.82, 2.24) is 24.5 Å². The molecular formula is C20H26N6O2. The Morgan fingerprint density at radius 1 is 1.18 bits per heavy atom. The molecule has 3 aromatic rings. The van der Waals surface area contributed by atoms with Crippen LogP contribution in [-0.4, -0.2) is 43.5 Å². The Labute approximate surface area is 164 Å². The largest absolute Gasteiger partial charge is 0.455 e. The van der Waals surface area contributed by atoms with Crippen LogP contribution in [0.2, 0.25) is 0 Å². The summed E-state index contributed by atoms with van der Waals surface area (Å²) in [5, 5.41) is 11.5. The molecule has 1 amide bonds. The first-order chi connectivity index (χ1) is 13.6. The highest BCUT2D eigenvalue weighted by atomic mass is 16.4. The topological polar surface area (TPSA) is 81.1 Å². The van der Waals surface area contributed by atoms with E-state index in [0.717, 1.165) is 43.2 Å². The van der Waals surface area contributed by atoms with Crippen LogP contribution in [0.15, 0.2) is 35.1 Å². The summed E-state index contributed by atoms with van der Waals surface area (Å²) < 4.78 is 9.47. The number of rotatable bonds is 7. The lowest BCUT2D eigenvalue weighted by molar-refractivity contribution is 0.0993. The molecule has 3 aromatic heterocycles. The van der Waals surface area contributed by atoms with E-state index in [4.69, 9.17) is 4.42 Å². The van der Waals surface area contributed by atoms with Gasteiger partial charge in [-0.3, -0.25) is 19.1 Å². The van der Waals surface area contributed by atoms with Crippen LogP contribution in [0.25, 0.3) is 0 Å². The molecule has 1 N–H and O–H groups in total. The molecule has 148 valence electrons. The summed E-state index contributed by atoms with van der Waals surface area (Å²) in [6.45, 7) is 8.52. The number of furan rings is 1. The fraction of sp³-hybridized carbons (Fsp3) is 0.450. The molecule has 0 aromatic carbocycles. The second kappa shape index (κ2) is 8.02. The third-order valence-corrected chi connectivity index (χ3v) is 5.19. The lowest BCUT2D eigenvalue weighted by atomic mass is 10.2. The molecule has 1 aliphatic heterocycles. The van der Waals surface area contributed by atoms with E-state index >= 15 is 0 Å². The van der Waals surface area contributed by atoms with Gasteiger partial charge in [0.2, 0.25) is 0 Å². The number of likely N-dealkylation sites (tertiary alicyclic amines) is 1. The number of anilines is 1. The van der Waals surface area contributed by atoms with Crippen LogP contribution in [0, 0.1) is 6.92 Å². The van der Waals surface area contributed by atoms with Crippen molar-refractivity contribution in [3.8, 4) is 0 Å². The number of aryl methyl sites for hydroxylation is 1. The number of nitrogens with one attached hydrogen (secondary N) is 1. The average molecular weight is 382 g/mol. The molecule has 8 heteroatoms. The third kappa shape index (κ3) is 4.01. The Bertz CT molecular complexity index is 948. The van der Waals surface area contributed by atoms with Crippen molar-refractivity contribution >= 4 is 11.6 Å². The van der Waals surface area contributed by atoms with Gasteiger partial charge in [-0.1, -0.05) is 0 Å². The van der Waals surface area contributed by atoms with Gasteiger partial charge in [-0.25, -0.2) is 0 Å². The van der Waals surface area contributed by atoms with Gasteiger partial charge in [-0.05, 0) is 51.9 Å². The standard InChI is InChI=1S/C20H26N6O2/c1-3-26-15(2)16(10-22-26)12-25-13-17(11-21-25)23-20(27)19-7-6-18(28-19)14-24-8-4-5-9-24/h6-7,10-11,13H,3-5,8-9,12,14H2,1-2H3,(H,23,27). The quantitative estimate of drug-likeness (QED) is 0.680. The first-order valence-corrected chi connectivity index (χ1v) is 9.78. The second-order valence-electron chi connectivity index (χ2n) is 7.20. The van der Waals surface area contributed by atoms with E-state index in [9.17, 15) is 4.79 Å². The Kier molecular flexibility index (Phi) is 5.29. The summed E-state index contributed by atoms with van der Waals surface area (Å²) in [6.07, 6.45) is 7.79. The first-order valence-electron chi connectivity index (χ1n) is 9.78. The van der Waals surface area contributed by atoms with Crippen molar-refractivity contribution in [1.29, 1.82) is 0 Å². The zero-order valence-electron chi connectivity index (χ0n) is 16.4. The maximum atomic E-state index is 12.5. The number of aromatic nitrogens is 4. The molecule has 0 aliphatic carbocycles. The SMILES string of the molecule is CCn1ncc(Cn2cc(NC(=O)c3ccc(CN4CCCC4)o3)cn2)c1C. The highest BCUT2D eigenvalue weighted by molar-refractivity contribution is 6.02. The Hall–Kier alpha value is -2.87. The highest BCUT2D eigenvalue weighted by Crippen LogP contribution is 2.17. The van der Waals surface area contributed by atoms with Crippen molar-refractivity contribution in [3.05, 3.63) is 53.5 Å². The van der Waals surface area contributed by atoms with Crippen LogP contribution in [0.1, 0.15) is 47.3 Å². The van der Waals surface area contributed by atoms with Crippen molar-refractivity contribution in [2.24, 2.45) is 0 Å². The summed E-state index contributed by atoms with van der Waals surface area (Å²) in [5.41, 5.74) is 2.88. The molecule has 0 bridgehead atoms. The lowest BCUT2D eigenvalue weighted by Gasteiger charge is -2.11. The fourth-order valence-electron chi connectivity index (χ4n) is 3.59. The summed E-state index contributed by atoms with van der Waals surface area (Å²) >= 11 is 0. The number of hydrogen-bond donors (Lipinski definition) is 1. The molecule has 1 saturated heterocycles. The second-order valence-corrected chi connectivity index (χ2v) is 7.20. The predicted molar refractivity (Wildman–Crippen MR) is 105 cm³/mol. The van der Waals surface area contributed by atoms with Crippen LogP contribution in [0.5, 0.6) is 0 Å². The number of carbonyl (C=O) groups excluding carboxylic acids is 1. The molecule has 0 unspecified atom stereocenters. The Balaban J connectivity index is 1.36. The molecule has 1 fully saturated rings. The molecule has 4 rings (SSSR count). The molecule has 0 saturated carbocycles. The molecule has 28 heavy (non-hydrogen) atoms. The maximum absolute atomic E-state index is 12.5. The third-order valence-electron chi connectivity index (χ3n) is 5.19. The number of amides is 1.